The number of carbonyl (C=O) groups excluding carboxylic acids is 1. The van der Waals surface area contributed by atoms with Crippen molar-refractivity contribution in [3.05, 3.63) is 57.9 Å². The number of esters is 1. The van der Waals surface area contributed by atoms with Crippen LogP contribution >= 0.6 is 0 Å². The van der Waals surface area contributed by atoms with Gasteiger partial charge in [-0.15, -0.1) is 0 Å². The largest absolute Gasteiger partial charge is 0.466 e. The molecule has 1 aliphatic rings. The summed E-state index contributed by atoms with van der Waals surface area (Å²) in [6.45, 7) is 3.79. The molecule has 0 bridgehead atoms. The Morgan fingerprint density at radius 1 is 1.07 bits per heavy atom. The number of hydrogen-bond donors (Lipinski definition) is 1. The predicted octanol–water partition coefficient (Wildman–Crippen LogP) is 2.97. The van der Waals surface area contributed by atoms with Gasteiger partial charge in [0.2, 0.25) is 0 Å². The van der Waals surface area contributed by atoms with Gasteiger partial charge in [-0.2, -0.15) is 0 Å². The molecule has 0 saturated carbocycles. The van der Waals surface area contributed by atoms with Crippen LogP contribution in [0, 0.1) is 11.6 Å². The minimum atomic E-state index is -1.01. The fourth-order valence-electron chi connectivity index (χ4n) is 3.00. The van der Waals surface area contributed by atoms with Crippen molar-refractivity contribution in [2.24, 2.45) is 0 Å². The number of ether oxygens (including phenoxy) is 2. The fourth-order valence-corrected chi connectivity index (χ4v) is 3.00. The van der Waals surface area contributed by atoms with Crippen molar-refractivity contribution in [3.63, 3.8) is 0 Å². The van der Waals surface area contributed by atoms with Gasteiger partial charge >= 0.3 is 5.97 Å². The maximum absolute atomic E-state index is 14.5. The lowest BCUT2D eigenvalue weighted by atomic mass is 9.80. The lowest BCUT2D eigenvalue weighted by Gasteiger charge is -2.31. The fraction of sp³-hybridized carbons (Fsp3) is 0.421. The zero-order chi connectivity index (χ0) is 20.0. The Morgan fingerprint density at radius 3 is 2.33 bits per heavy atom. The van der Waals surface area contributed by atoms with E-state index < -0.39 is 23.5 Å². The smallest absolute Gasteiger partial charge is 0.336 e. The van der Waals surface area contributed by atoms with Crippen LogP contribution in [0.15, 0.2) is 40.7 Å². The third-order valence-corrected chi connectivity index (χ3v) is 4.26. The SMILES string of the molecule is COCCOOCC1=C(C)NC(C)=C(C(=O)OC)C1c1c(F)cccc1F. The molecule has 1 heterocycles. The summed E-state index contributed by atoms with van der Waals surface area (Å²) in [5.74, 6) is -3.22. The Hall–Kier alpha value is -2.29. The van der Waals surface area contributed by atoms with Crippen LogP contribution < -0.4 is 5.32 Å². The van der Waals surface area contributed by atoms with E-state index in [1.165, 1.54) is 20.3 Å². The standard InChI is InChI=1S/C19H23F2NO5/c1-11-13(10-27-26-9-8-24-3)17(16(12(2)22-11)19(23)25-4)18-14(20)6-5-7-15(18)21/h5-7,17,22H,8-10H2,1-4H3. The highest BCUT2D eigenvalue weighted by molar-refractivity contribution is 5.92. The first-order valence-electron chi connectivity index (χ1n) is 8.35. The zero-order valence-corrected chi connectivity index (χ0v) is 15.7. The van der Waals surface area contributed by atoms with Crippen molar-refractivity contribution in [1.82, 2.24) is 5.32 Å². The summed E-state index contributed by atoms with van der Waals surface area (Å²) in [6, 6.07) is 3.56. The van der Waals surface area contributed by atoms with Crippen molar-refractivity contribution in [1.29, 1.82) is 0 Å². The molecule has 0 spiro atoms. The summed E-state index contributed by atoms with van der Waals surface area (Å²) < 4.78 is 38.8. The minimum absolute atomic E-state index is 0.102. The van der Waals surface area contributed by atoms with Gasteiger partial charge in [-0.25, -0.2) is 23.4 Å². The van der Waals surface area contributed by atoms with Crippen LogP contribution in [-0.4, -0.2) is 40.0 Å². The van der Waals surface area contributed by atoms with Crippen LogP contribution in [-0.2, 0) is 24.0 Å². The van der Waals surface area contributed by atoms with E-state index in [2.05, 4.69) is 5.32 Å². The van der Waals surface area contributed by atoms with Gasteiger partial charge in [0, 0.05) is 30.0 Å². The number of halogens is 2. The van der Waals surface area contributed by atoms with Crippen molar-refractivity contribution in [2.75, 3.05) is 34.0 Å². The number of dihydropyridines is 1. The maximum atomic E-state index is 14.5. The molecule has 0 fully saturated rings. The number of rotatable bonds is 8. The molecule has 1 unspecified atom stereocenters. The number of nitrogens with one attached hydrogen (secondary N) is 1. The van der Waals surface area contributed by atoms with E-state index in [1.54, 1.807) is 13.8 Å². The quantitative estimate of drug-likeness (QED) is 0.322. The molecule has 0 amide bonds. The van der Waals surface area contributed by atoms with Crippen LogP contribution in [0.3, 0.4) is 0 Å². The average molecular weight is 383 g/mol. The second kappa shape index (κ2) is 9.59. The first-order valence-corrected chi connectivity index (χ1v) is 8.35. The Balaban J connectivity index is 2.46. The molecule has 2 rings (SSSR count). The minimum Gasteiger partial charge on any atom is -0.466 e. The van der Waals surface area contributed by atoms with Crippen molar-refractivity contribution >= 4 is 5.97 Å². The van der Waals surface area contributed by atoms with Crippen molar-refractivity contribution < 1.29 is 32.8 Å². The van der Waals surface area contributed by atoms with E-state index in [-0.39, 0.29) is 24.4 Å². The summed E-state index contributed by atoms with van der Waals surface area (Å²) in [4.78, 5) is 22.6. The Bertz CT molecular complexity index is 740. The summed E-state index contributed by atoms with van der Waals surface area (Å²) in [7, 11) is 2.74. The van der Waals surface area contributed by atoms with E-state index in [9.17, 15) is 13.6 Å². The second-order valence-corrected chi connectivity index (χ2v) is 5.95. The van der Waals surface area contributed by atoms with E-state index in [1.807, 2.05) is 0 Å². The van der Waals surface area contributed by atoms with Gasteiger partial charge in [0.05, 0.1) is 19.3 Å². The van der Waals surface area contributed by atoms with Gasteiger partial charge in [-0.1, -0.05) is 6.07 Å². The summed E-state index contributed by atoms with van der Waals surface area (Å²) in [5, 5.41) is 3.04. The van der Waals surface area contributed by atoms with Gasteiger partial charge in [0.1, 0.15) is 24.8 Å². The molecule has 0 radical (unpaired) electrons. The summed E-state index contributed by atoms with van der Waals surface area (Å²) in [6.07, 6.45) is 0. The molecule has 1 aliphatic heterocycles. The third-order valence-electron chi connectivity index (χ3n) is 4.26. The van der Waals surface area contributed by atoms with Gasteiger partial charge in [-0.3, -0.25) is 0 Å². The first-order chi connectivity index (χ1) is 12.9. The molecule has 1 aromatic rings. The molecule has 1 atom stereocenters. The van der Waals surface area contributed by atoms with Gasteiger partial charge in [0.25, 0.3) is 0 Å². The van der Waals surface area contributed by atoms with E-state index in [0.717, 1.165) is 12.1 Å². The van der Waals surface area contributed by atoms with Crippen LogP contribution in [0.1, 0.15) is 25.3 Å². The predicted molar refractivity (Wildman–Crippen MR) is 93.4 cm³/mol. The summed E-state index contributed by atoms with van der Waals surface area (Å²) in [5.41, 5.74) is 1.40. The molecule has 0 aliphatic carbocycles. The highest BCUT2D eigenvalue weighted by Crippen LogP contribution is 2.40. The third kappa shape index (κ3) is 4.71. The Kier molecular flexibility index (Phi) is 7.46. The van der Waals surface area contributed by atoms with Gasteiger partial charge < -0.3 is 14.8 Å². The molecule has 8 heteroatoms. The molecular weight excluding hydrogens is 360 g/mol. The number of carbonyl (C=O) groups is 1. The number of benzene rings is 1. The monoisotopic (exact) mass is 383 g/mol. The van der Waals surface area contributed by atoms with E-state index in [4.69, 9.17) is 19.2 Å². The van der Waals surface area contributed by atoms with Crippen LogP contribution in [0.2, 0.25) is 0 Å². The lowest BCUT2D eigenvalue weighted by Crippen LogP contribution is -2.31. The number of hydrogen-bond acceptors (Lipinski definition) is 6. The molecule has 6 nitrogen and oxygen atoms in total. The van der Waals surface area contributed by atoms with Crippen LogP contribution in [0.4, 0.5) is 8.78 Å². The molecular formula is C19H23F2NO5. The molecule has 1 N–H and O–H groups in total. The normalized spacial score (nSPS) is 17.2. The highest BCUT2D eigenvalue weighted by Gasteiger charge is 2.37. The molecule has 0 saturated heterocycles. The average Bonchev–Trinajstić information content (AvgIpc) is 2.62. The molecule has 27 heavy (non-hydrogen) atoms. The van der Waals surface area contributed by atoms with Crippen molar-refractivity contribution in [2.45, 2.75) is 19.8 Å². The zero-order valence-electron chi connectivity index (χ0n) is 15.7. The molecule has 148 valence electrons. The summed E-state index contributed by atoms with van der Waals surface area (Å²) >= 11 is 0. The topological polar surface area (TPSA) is 66.0 Å². The van der Waals surface area contributed by atoms with Gasteiger partial charge in [0.15, 0.2) is 0 Å². The van der Waals surface area contributed by atoms with E-state index >= 15 is 0 Å². The highest BCUT2D eigenvalue weighted by atomic mass is 19.1. The van der Waals surface area contributed by atoms with Crippen molar-refractivity contribution in [3.8, 4) is 0 Å². The first kappa shape index (κ1) is 21.0. The maximum Gasteiger partial charge on any atom is 0.336 e. The van der Waals surface area contributed by atoms with Crippen LogP contribution in [0.25, 0.3) is 0 Å². The number of methoxy groups -OCH3 is 2. The lowest BCUT2D eigenvalue weighted by molar-refractivity contribution is -0.292. The molecule has 1 aromatic carbocycles. The molecule has 0 aromatic heterocycles. The van der Waals surface area contributed by atoms with E-state index in [0.29, 0.717) is 23.6 Å². The Morgan fingerprint density at radius 2 is 1.74 bits per heavy atom. The Labute approximate surface area is 156 Å². The van der Waals surface area contributed by atoms with Gasteiger partial charge in [-0.05, 0) is 31.6 Å². The number of allylic oxidation sites excluding steroid dienone is 2. The van der Waals surface area contributed by atoms with Crippen LogP contribution in [0.5, 0.6) is 0 Å². The second-order valence-electron chi connectivity index (χ2n) is 5.95.